The van der Waals surface area contributed by atoms with Crippen molar-refractivity contribution in [1.29, 1.82) is 5.26 Å². The number of hydrogen-bond donors (Lipinski definition) is 2. The number of aliphatic hydroxyl groups is 2. The number of nitriles is 1. The Morgan fingerprint density at radius 1 is 1.13 bits per heavy atom. The van der Waals surface area contributed by atoms with E-state index < -0.39 is 11.7 Å². The highest BCUT2D eigenvalue weighted by molar-refractivity contribution is 6.33. The van der Waals surface area contributed by atoms with Crippen LogP contribution in [0.4, 0.5) is 5.69 Å². The predicted octanol–water partition coefficient (Wildman–Crippen LogP) is 3.22. The zero-order valence-corrected chi connectivity index (χ0v) is 18.1. The minimum Gasteiger partial charge on any atom is -0.491 e. The van der Waals surface area contributed by atoms with Crippen molar-refractivity contribution in [3.05, 3.63) is 58.6 Å². The lowest BCUT2D eigenvalue weighted by molar-refractivity contribution is 0.0285. The Morgan fingerprint density at radius 2 is 1.80 bits per heavy atom. The molecule has 1 atom stereocenters. The molecule has 1 aliphatic rings. The lowest BCUT2D eigenvalue weighted by atomic mass is 10.1. The first kappa shape index (κ1) is 22.4. The van der Waals surface area contributed by atoms with Crippen LogP contribution in [0.3, 0.4) is 0 Å². The number of aliphatic hydroxyl groups excluding tert-OH is 1. The minimum absolute atomic E-state index is 0.197. The topological polar surface area (TPSA) is 80.0 Å². The molecule has 3 rings (SSSR count). The molecule has 0 bridgehead atoms. The zero-order valence-electron chi connectivity index (χ0n) is 17.4. The lowest BCUT2D eigenvalue weighted by Gasteiger charge is -2.37. The van der Waals surface area contributed by atoms with Crippen molar-refractivity contribution >= 4 is 17.3 Å². The second-order valence-electron chi connectivity index (χ2n) is 8.25. The summed E-state index contributed by atoms with van der Waals surface area (Å²) in [7, 11) is 0. The molecule has 1 heterocycles. The van der Waals surface area contributed by atoms with Crippen molar-refractivity contribution in [3.63, 3.8) is 0 Å². The summed E-state index contributed by atoms with van der Waals surface area (Å²) in [6.07, 6.45) is -0.583. The van der Waals surface area contributed by atoms with Crippen molar-refractivity contribution in [1.82, 2.24) is 4.90 Å². The molecule has 7 heteroatoms. The monoisotopic (exact) mass is 429 g/mol. The Labute approximate surface area is 182 Å². The summed E-state index contributed by atoms with van der Waals surface area (Å²) in [5, 5.41) is 29.8. The standard InChI is InChI=1S/C23H28ClN3O3/c1-23(2,29)16-30-19-7-8-21(20(24)13-19)27-11-9-26(10-12-27)15-22(28)18-5-3-17(14-25)4-6-18/h3-8,13,22,28-29H,9-12,15-16H2,1-2H3. The number of nitrogens with zero attached hydrogens (tertiary/aromatic N) is 3. The van der Waals surface area contributed by atoms with Gasteiger partial charge < -0.3 is 19.8 Å². The fraction of sp³-hybridized carbons (Fsp3) is 0.435. The minimum atomic E-state index is -0.899. The number of hydrogen-bond acceptors (Lipinski definition) is 6. The average molecular weight is 430 g/mol. The molecule has 0 aromatic heterocycles. The molecule has 0 saturated carbocycles. The maximum absolute atomic E-state index is 10.5. The third kappa shape index (κ3) is 6.10. The molecule has 0 aliphatic carbocycles. The Kier molecular flexibility index (Phi) is 7.22. The summed E-state index contributed by atoms with van der Waals surface area (Å²) in [5.74, 6) is 0.634. The first-order valence-corrected chi connectivity index (χ1v) is 10.4. The van der Waals surface area contributed by atoms with E-state index in [9.17, 15) is 10.2 Å². The van der Waals surface area contributed by atoms with Gasteiger partial charge in [-0.15, -0.1) is 0 Å². The van der Waals surface area contributed by atoms with Gasteiger partial charge in [-0.1, -0.05) is 23.7 Å². The van der Waals surface area contributed by atoms with Crippen LogP contribution in [-0.2, 0) is 0 Å². The van der Waals surface area contributed by atoms with E-state index in [1.54, 1.807) is 44.2 Å². The van der Waals surface area contributed by atoms with E-state index in [0.717, 1.165) is 37.4 Å². The van der Waals surface area contributed by atoms with Crippen LogP contribution < -0.4 is 9.64 Å². The summed E-state index contributed by atoms with van der Waals surface area (Å²) < 4.78 is 5.60. The van der Waals surface area contributed by atoms with Crippen LogP contribution in [0.2, 0.25) is 5.02 Å². The normalized spacial score (nSPS) is 16.2. The number of halogens is 1. The van der Waals surface area contributed by atoms with E-state index in [1.807, 2.05) is 12.1 Å². The van der Waals surface area contributed by atoms with Gasteiger partial charge in [-0.3, -0.25) is 4.90 Å². The predicted molar refractivity (Wildman–Crippen MR) is 118 cm³/mol. The van der Waals surface area contributed by atoms with Crippen LogP contribution in [0.25, 0.3) is 0 Å². The van der Waals surface area contributed by atoms with E-state index in [2.05, 4.69) is 15.9 Å². The van der Waals surface area contributed by atoms with Crippen molar-refractivity contribution in [3.8, 4) is 11.8 Å². The molecule has 1 unspecified atom stereocenters. The molecular formula is C23H28ClN3O3. The third-order valence-electron chi connectivity index (χ3n) is 5.08. The number of rotatable bonds is 7. The molecule has 2 N–H and O–H groups in total. The van der Waals surface area contributed by atoms with Gasteiger partial charge in [0.25, 0.3) is 0 Å². The summed E-state index contributed by atoms with van der Waals surface area (Å²) in [5.41, 5.74) is 1.47. The fourth-order valence-corrected chi connectivity index (χ4v) is 3.68. The molecule has 2 aromatic carbocycles. The van der Waals surface area contributed by atoms with Gasteiger partial charge in [0.1, 0.15) is 12.4 Å². The van der Waals surface area contributed by atoms with Gasteiger partial charge in [-0.2, -0.15) is 5.26 Å². The summed E-state index contributed by atoms with van der Waals surface area (Å²) in [4.78, 5) is 4.46. The summed E-state index contributed by atoms with van der Waals surface area (Å²) in [6, 6.07) is 14.8. The first-order valence-electron chi connectivity index (χ1n) is 10.1. The van der Waals surface area contributed by atoms with Crippen molar-refractivity contribution in [2.75, 3.05) is 44.2 Å². The SMILES string of the molecule is CC(C)(O)COc1ccc(N2CCN(CC(O)c3ccc(C#N)cc3)CC2)c(Cl)c1. The Hall–Kier alpha value is -2.30. The fourth-order valence-electron chi connectivity index (χ4n) is 3.39. The largest absolute Gasteiger partial charge is 0.491 e. The molecule has 2 aromatic rings. The highest BCUT2D eigenvalue weighted by Gasteiger charge is 2.22. The average Bonchev–Trinajstić information content (AvgIpc) is 2.72. The van der Waals surface area contributed by atoms with Crippen molar-refractivity contribution in [2.45, 2.75) is 25.6 Å². The van der Waals surface area contributed by atoms with E-state index >= 15 is 0 Å². The van der Waals surface area contributed by atoms with Gasteiger partial charge in [0, 0.05) is 38.8 Å². The molecule has 0 amide bonds. The maximum atomic E-state index is 10.5. The van der Waals surface area contributed by atoms with Gasteiger partial charge >= 0.3 is 0 Å². The van der Waals surface area contributed by atoms with E-state index in [0.29, 0.717) is 22.9 Å². The van der Waals surface area contributed by atoms with Crippen LogP contribution >= 0.6 is 11.6 Å². The molecule has 30 heavy (non-hydrogen) atoms. The summed E-state index contributed by atoms with van der Waals surface area (Å²) >= 11 is 6.48. The second-order valence-corrected chi connectivity index (χ2v) is 8.66. The smallest absolute Gasteiger partial charge is 0.121 e. The molecule has 6 nitrogen and oxygen atoms in total. The van der Waals surface area contributed by atoms with Crippen LogP contribution in [0.5, 0.6) is 5.75 Å². The van der Waals surface area contributed by atoms with Gasteiger partial charge in [-0.25, -0.2) is 0 Å². The first-order chi connectivity index (χ1) is 14.2. The molecule has 160 valence electrons. The number of ether oxygens (including phenoxy) is 1. The molecular weight excluding hydrogens is 402 g/mol. The van der Waals surface area contributed by atoms with Gasteiger partial charge in [0.05, 0.1) is 34.0 Å². The Balaban J connectivity index is 1.53. The highest BCUT2D eigenvalue weighted by atomic mass is 35.5. The molecule has 0 radical (unpaired) electrons. The lowest BCUT2D eigenvalue weighted by Crippen LogP contribution is -2.47. The van der Waals surface area contributed by atoms with Crippen LogP contribution in [0, 0.1) is 11.3 Å². The molecule has 0 spiro atoms. The van der Waals surface area contributed by atoms with E-state index in [4.69, 9.17) is 21.6 Å². The number of anilines is 1. The third-order valence-corrected chi connectivity index (χ3v) is 5.38. The molecule has 1 saturated heterocycles. The Morgan fingerprint density at radius 3 is 2.37 bits per heavy atom. The van der Waals surface area contributed by atoms with Crippen LogP contribution in [0.15, 0.2) is 42.5 Å². The van der Waals surface area contributed by atoms with Gasteiger partial charge in [0.15, 0.2) is 0 Å². The van der Waals surface area contributed by atoms with Gasteiger partial charge in [-0.05, 0) is 43.7 Å². The van der Waals surface area contributed by atoms with E-state index in [-0.39, 0.29) is 6.61 Å². The van der Waals surface area contributed by atoms with Crippen molar-refractivity contribution in [2.24, 2.45) is 0 Å². The maximum Gasteiger partial charge on any atom is 0.121 e. The van der Waals surface area contributed by atoms with Gasteiger partial charge in [0.2, 0.25) is 0 Å². The summed E-state index contributed by atoms with van der Waals surface area (Å²) in [6.45, 7) is 7.40. The highest BCUT2D eigenvalue weighted by Crippen LogP contribution is 2.31. The van der Waals surface area contributed by atoms with Crippen molar-refractivity contribution < 1.29 is 14.9 Å². The zero-order chi connectivity index (χ0) is 21.7. The number of piperazine rings is 1. The molecule has 1 fully saturated rings. The Bertz CT molecular complexity index is 882. The second kappa shape index (κ2) is 9.67. The quantitative estimate of drug-likeness (QED) is 0.703. The van der Waals surface area contributed by atoms with Crippen LogP contribution in [-0.4, -0.2) is 60.0 Å². The molecule has 1 aliphatic heterocycles. The van der Waals surface area contributed by atoms with E-state index in [1.165, 1.54) is 0 Å². The number of β-amino-alcohol motifs (C(OH)–C–C–N with tert-alkyl or cyclic N) is 1. The van der Waals surface area contributed by atoms with Crippen LogP contribution in [0.1, 0.15) is 31.1 Å². The number of benzene rings is 2.